The number of rotatable bonds is 4. The van der Waals surface area contributed by atoms with Crippen molar-refractivity contribution in [3.05, 3.63) is 29.3 Å². The summed E-state index contributed by atoms with van der Waals surface area (Å²) in [5, 5.41) is 4.44. The molecule has 0 aromatic heterocycles. The van der Waals surface area contributed by atoms with Gasteiger partial charge in [0.1, 0.15) is 11.7 Å². The van der Waals surface area contributed by atoms with Gasteiger partial charge in [-0.1, -0.05) is 22.8 Å². The number of benzene rings is 1. The first-order chi connectivity index (χ1) is 10.5. The van der Waals surface area contributed by atoms with E-state index in [1.54, 1.807) is 0 Å². The van der Waals surface area contributed by atoms with Crippen molar-refractivity contribution in [1.29, 1.82) is 0 Å². The smallest absolute Gasteiger partial charge is 0.349 e. The number of nitrogens with zero attached hydrogens (tertiary/aromatic N) is 2. The molecule has 22 heavy (non-hydrogen) atoms. The van der Waals surface area contributed by atoms with E-state index in [0.717, 1.165) is 17.3 Å². The van der Waals surface area contributed by atoms with Crippen molar-refractivity contribution >= 4 is 40.7 Å². The Morgan fingerprint density at radius 1 is 1.55 bits per heavy atom. The minimum absolute atomic E-state index is 0.175. The lowest BCUT2D eigenvalue weighted by Gasteiger charge is -2.28. The summed E-state index contributed by atoms with van der Waals surface area (Å²) in [4.78, 5) is 18.0. The number of nitrogens with two attached hydrogens (primary N) is 1. The van der Waals surface area contributed by atoms with E-state index in [0.29, 0.717) is 23.7 Å². The Kier molecular flexibility index (Phi) is 4.19. The largest absolute Gasteiger partial charge is 0.384 e. The quantitative estimate of drug-likeness (QED) is 0.300. The minimum atomic E-state index is -0.593. The first kappa shape index (κ1) is 15.4. The number of piperidine rings is 1. The lowest BCUT2D eigenvalue weighted by molar-refractivity contribution is -0.140. The first-order valence-electron chi connectivity index (χ1n) is 7.14. The molecule has 1 saturated carbocycles. The lowest BCUT2D eigenvalue weighted by atomic mass is 10.1. The van der Waals surface area contributed by atoms with Gasteiger partial charge in [0.05, 0.1) is 0 Å². The molecule has 1 aromatic rings. The number of halogens is 2. The van der Waals surface area contributed by atoms with Crippen LogP contribution in [0.3, 0.4) is 0 Å². The maximum Gasteiger partial charge on any atom is 0.349 e. The zero-order chi connectivity index (χ0) is 15.9. The van der Waals surface area contributed by atoms with Crippen molar-refractivity contribution < 1.29 is 9.63 Å². The van der Waals surface area contributed by atoms with Gasteiger partial charge in [-0.25, -0.2) is 4.79 Å². The number of anilines is 1. The van der Waals surface area contributed by atoms with Crippen LogP contribution in [0.1, 0.15) is 6.92 Å². The summed E-state index contributed by atoms with van der Waals surface area (Å²) in [6, 6.07) is 8.18. The van der Waals surface area contributed by atoms with Crippen LogP contribution >= 0.6 is 23.2 Å². The molecular formula is C15H17Cl2N3O2. The molecule has 3 rings (SSSR count). The third kappa shape index (κ3) is 2.75. The van der Waals surface area contributed by atoms with Gasteiger partial charge in [0, 0.05) is 29.2 Å². The second-order valence-corrected chi connectivity index (χ2v) is 6.46. The van der Waals surface area contributed by atoms with Crippen LogP contribution in [0.4, 0.5) is 5.69 Å². The Balaban J connectivity index is 1.65. The average molecular weight is 342 g/mol. The number of fused-ring (bicyclic) bond motifs is 1. The topological polar surface area (TPSA) is 67.9 Å². The number of hydrogen-bond acceptors (Lipinski definition) is 4. The van der Waals surface area contributed by atoms with Crippen LogP contribution < -0.4 is 10.6 Å². The van der Waals surface area contributed by atoms with E-state index in [4.69, 9.17) is 28.9 Å². The van der Waals surface area contributed by atoms with Crippen LogP contribution in [0.25, 0.3) is 0 Å². The highest BCUT2D eigenvalue weighted by atomic mass is 35.5. The summed E-state index contributed by atoms with van der Waals surface area (Å²) >= 11 is 11.4. The molecule has 4 atom stereocenters. The van der Waals surface area contributed by atoms with Crippen LogP contribution in [0, 0.1) is 17.8 Å². The summed E-state index contributed by atoms with van der Waals surface area (Å²) in [5.41, 5.74) is 7.05. The monoisotopic (exact) mass is 341 g/mol. The number of oxime groups is 1. The van der Waals surface area contributed by atoms with Crippen LogP contribution in [-0.4, -0.2) is 30.3 Å². The molecule has 0 radical (unpaired) electrons. The Morgan fingerprint density at radius 3 is 2.91 bits per heavy atom. The molecule has 1 saturated heterocycles. The molecule has 2 aliphatic rings. The van der Waals surface area contributed by atoms with Gasteiger partial charge in [0.15, 0.2) is 0 Å². The van der Waals surface area contributed by atoms with Crippen molar-refractivity contribution in [3.8, 4) is 0 Å². The SMILES string of the molecule is CC1C2[C@H](CN1c1cccc(Cl)c1)[C@H]2/C(N)=N/OC(=O)CCl. The van der Waals surface area contributed by atoms with Crippen LogP contribution in [0.15, 0.2) is 29.4 Å². The fourth-order valence-electron chi connectivity index (χ4n) is 3.50. The molecule has 1 aliphatic carbocycles. The Bertz CT molecular complexity index is 623. The van der Waals surface area contributed by atoms with E-state index in [1.807, 2.05) is 18.2 Å². The molecule has 7 heteroatoms. The number of hydrogen-bond donors (Lipinski definition) is 1. The van der Waals surface area contributed by atoms with Crippen molar-refractivity contribution in [2.75, 3.05) is 17.3 Å². The van der Waals surface area contributed by atoms with E-state index < -0.39 is 5.97 Å². The molecule has 0 amide bonds. The van der Waals surface area contributed by atoms with Gasteiger partial charge in [-0.05, 0) is 37.0 Å². The second-order valence-electron chi connectivity index (χ2n) is 5.75. The van der Waals surface area contributed by atoms with Gasteiger partial charge < -0.3 is 15.5 Å². The second kappa shape index (κ2) is 5.97. The van der Waals surface area contributed by atoms with Crippen molar-refractivity contribution in [1.82, 2.24) is 0 Å². The predicted molar refractivity (Wildman–Crippen MR) is 87.2 cm³/mol. The molecule has 2 unspecified atom stereocenters. The van der Waals surface area contributed by atoms with E-state index >= 15 is 0 Å². The standard InChI is InChI=1S/C15H17Cl2N3O2/c1-8-13-11(14(13)15(18)19-22-12(21)6-16)7-20(8)10-4-2-3-9(17)5-10/h2-5,8,11,13-14H,6-7H2,1H3,(H2,18,19)/t8?,11-,13?,14+/m0/s1. The van der Waals surface area contributed by atoms with Crippen LogP contribution in [-0.2, 0) is 9.63 Å². The number of alkyl halides is 1. The maximum atomic E-state index is 11.0. The molecule has 0 spiro atoms. The van der Waals surface area contributed by atoms with E-state index in [1.165, 1.54) is 0 Å². The third-order valence-electron chi connectivity index (χ3n) is 4.53. The van der Waals surface area contributed by atoms with Gasteiger partial charge in [0.25, 0.3) is 0 Å². The molecule has 2 N–H and O–H groups in total. The van der Waals surface area contributed by atoms with E-state index in [-0.39, 0.29) is 11.8 Å². The summed E-state index contributed by atoms with van der Waals surface area (Å²) in [6.45, 7) is 3.07. The van der Waals surface area contributed by atoms with Gasteiger partial charge in [-0.3, -0.25) is 0 Å². The fourth-order valence-corrected chi connectivity index (χ4v) is 3.73. The number of amidine groups is 1. The molecule has 1 heterocycles. The average Bonchev–Trinajstić information content (AvgIpc) is 3.13. The van der Waals surface area contributed by atoms with Crippen LogP contribution in [0.5, 0.6) is 0 Å². The Morgan fingerprint density at radius 2 is 2.32 bits per heavy atom. The molecule has 0 bridgehead atoms. The lowest BCUT2D eigenvalue weighted by Crippen LogP contribution is -2.35. The summed E-state index contributed by atoms with van der Waals surface area (Å²) < 4.78 is 0. The highest BCUT2D eigenvalue weighted by molar-refractivity contribution is 6.30. The number of carbonyl (C=O) groups excluding carboxylic acids is 1. The summed E-state index contributed by atoms with van der Waals surface area (Å²) in [6.07, 6.45) is 0. The zero-order valence-electron chi connectivity index (χ0n) is 12.1. The fraction of sp³-hybridized carbons (Fsp3) is 0.467. The van der Waals surface area contributed by atoms with Gasteiger partial charge >= 0.3 is 5.97 Å². The van der Waals surface area contributed by atoms with Crippen molar-refractivity contribution in [2.45, 2.75) is 13.0 Å². The molecule has 1 aromatic carbocycles. The molecule has 1 aliphatic heterocycles. The molecule has 2 fully saturated rings. The van der Waals surface area contributed by atoms with Gasteiger partial charge in [0.2, 0.25) is 0 Å². The predicted octanol–water partition coefficient (Wildman–Crippen LogP) is 2.46. The minimum Gasteiger partial charge on any atom is -0.384 e. The molecule has 5 nitrogen and oxygen atoms in total. The van der Waals surface area contributed by atoms with Gasteiger partial charge in [-0.2, -0.15) is 0 Å². The van der Waals surface area contributed by atoms with Crippen LogP contribution in [0.2, 0.25) is 5.02 Å². The van der Waals surface area contributed by atoms with E-state index in [2.05, 4.69) is 27.9 Å². The highest BCUT2D eigenvalue weighted by Crippen LogP contribution is 2.56. The zero-order valence-corrected chi connectivity index (χ0v) is 13.6. The normalized spacial score (nSPS) is 30.1. The van der Waals surface area contributed by atoms with Crippen molar-refractivity contribution in [2.24, 2.45) is 28.6 Å². The van der Waals surface area contributed by atoms with Crippen molar-refractivity contribution in [3.63, 3.8) is 0 Å². The number of carbonyl (C=O) groups is 1. The Labute approximate surface area is 139 Å². The molecule has 118 valence electrons. The van der Waals surface area contributed by atoms with E-state index in [9.17, 15) is 4.79 Å². The third-order valence-corrected chi connectivity index (χ3v) is 4.98. The Hall–Kier alpha value is -1.46. The molecular weight excluding hydrogens is 325 g/mol. The highest BCUT2D eigenvalue weighted by Gasteiger charge is 2.61. The summed E-state index contributed by atoms with van der Waals surface area (Å²) in [7, 11) is 0. The first-order valence-corrected chi connectivity index (χ1v) is 8.05. The summed E-state index contributed by atoms with van der Waals surface area (Å²) in [5.74, 6) is 0.598. The maximum absolute atomic E-state index is 11.0. The van der Waals surface area contributed by atoms with Gasteiger partial charge in [-0.15, -0.1) is 11.6 Å².